The number of carboxylic acids is 1. The van der Waals surface area contributed by atoms with Gasteiger partial charge in [0.1, 0.15) is 0 Å². The third kappa shape index (κ3) is 3.28. The van der Waals surface area contributed by atoms with Gasteiger partial charge in [-0.15, -0.1) is 6.58 Å². The Morgan fingerprint density at radius 3 is 2.70 bits per heavy atom. The van der Waals surface area contributed by atoms with Crippen LogP contribution in [-0.4, -0.2) is 11.1 Å². The molecule has 0 spiro atoms. The smallest absolute Gasteiger partial charge is 0.306 e. The van der Waals surface area contributed by atoms with E-state index in [4.69, 9.17) is 5.11 Å². The zero-order valence-corrected chi connectivity index (χ0v) is 6.34. The van der Waals surface area contributed by atoms with Gasteiger partial charge in [0, 0.05) is 0 Å². The Hall–Kier alpha value is -0.790. The first-order valence-corrected chi connectivity index (χ1v) is 3.56. The van der Waals surface area contributed by atoms with Gasteiger partial charge < -0.3 is 5.11 Å². The van der Waals surface area contributed by atoms with E-state index >= 15 is 0 Å². The molecule has 0 aliphatic carbocycles. The molecule has 0 heterocycles. The van der Waals surface area contributed by atoms with Gasteiger partial charge in [0.15, 0.2) is 0 Å². The van der Waals surface area contributed by atoms with Crippen LogP contribution in [0.1, 0.15) is 26.2 Å². The summed E-state index contributed by atoms with van der Waals surface area (Å²) in [6.45, 7) is 5.42. The lowest BCUT2D eigenvalue weighted by Crippen LogP contribution is -2.11. The number of carbonyl (C=O) groups is 1. The fourth-order valence-corrected chi connectivity index (χ4v) is 0.821. The highest BCUT2D eigenvalue weighted by Gasteiger charge is 2.12. The van der Waals surface area contributed by atoms with Gasteiger partial charge >= 0.3 is 5.97 Å². The second-order valence-corrected chi connectivity index (χ2v) is 2.31. The van der Waals surface area contributed by atoms with Crippen LogP contribution in [0, 0.1) is 5.92 Å². The molecule has 0 rings (SSSR count). The standard InChI is InChI=1S/C8H14O2/c1-3-5-6-7(4-2)8(9)10/h3,7H,1,4-6H2,2H3,(H,9,10)/t7-/m0/s1. The molecule has 0 saturated carbocycles. The van der Waals surface area contributed by atoms with E-state index in [-0.39, 0.29) is 5.92 Å². The molecule has 10 heavy (non-hydrogen) atoms. The molecule has 0 aromatic rings. The summed E-state index contributed by atoms with van der Waals surface area (Å²) >= 11 is 0. The van der Waals surface area contributed by atoms with Crippen molar-refractivity contribution in [3.8, 4) is 0 Å². The Kier molecular flexibility index (Phi) is 4.63. The quantitative estimate of drug-likeness (QED) is 0.596. The van der Waals surface area contributed by atoms with Crippen LogP contribution in [0.5, 0.6) is 0 Å². The Bertz CT molecular complexity index is 118. The van der Waals surface area contributed by atoms with Gasteiger partial charge in [-0.05, 0) is 19.3 Å². The predicted octanol–water partition coefficient (Wildman–Crippen LogP) is 2.06. The fraction of sp³-hybridized carbons (Fsp3) is 0.625. The molecule has 0 aromatic carbocycles. The molecule has 0 aromatic heterocycles. The summed E-state index contributed by atoms with van der Waals surface area (Å²) in [6.07, 6.45) is 3.98. The zero-order valence-electron chi connectivity index (χ0n) is 6.34. The molecular weight excluding hydrogens is 128 g/mol. The maximum Gasteiger partial charge on any atom is 0.306 e. The van der Waals surface area contributed by atoms with E-state index in [2.05, 4.69) is 6.58 Å². The van der Waals surface area contributed by atoms with Crippen LogP contribution >= 0.6 is 0 Å². The van der Waals surface area contributed by atoms with Crippen LogP contribution in [0.25, 0.3) is 0 Å². The minimum Gasteiger partial charge on any atom is -0.481 e. The maximum absolute atomic E-state index is 10.4. The lowest BCUT2D eigenvalue weighted by molar-refractivity contribution is -0.142. The molecule has 0 radical (unpaired) electrons. The topological polar surface area (TPSA) is 37.3 Å². The number of hydrogen-bond donors (Lipinski definition) is 1. The fourth-order valence-electron chi connectivity index (χ4n) is 0.821. The molecule has 1 atom stereocenters. The normalized spacial score (nSPS) is 12.5. The summed E-state index contributed by atoms with van der Waals surface area (Å²) in [4.78, 5) is 10.4. The highest BCUT2D eigenvalue weighted by Crippen LogP contribution is 2.10. The summed E-state index contributed by atoms with van der Waals surface area (Å²) in [5.41, 5.74) is 0. The van der Waals surface area contributed by atoms with Crippen molar-refractivity contribution in [1.29, 1.82) is 0 Å². The van der Waals surface area contributed by atoms with E-state index in [1.165, 1.54) is 0 Å². The van der Waals surface area contributed by atoms with Crippen LogP contribution in [-0.2, 0) is 4.79 Å². The molecule has 0 bridgehead atoms. The second-order valence-electron chi connectivity index (χ2n) is 2.31. The first kappa shape index (κ1) is 9.21. The van der Waals surface area contributed by atoms with Crippen molar-refractivity contribution in [2.24, 2.45) is 5.92 Å². The van der Waals surface area contributed by atoms with Gasteiger partial charge in [0.25, 0.3) is 0 Å². The van der Waals surface area contributed by atoms with Crippen molar-refractivity contribution in [2.45, 2.75) is 26.2 Å². The van der Waals surface area contributed by atoms with Crippen LogP contribution < -0.4 is 0 Å². The lowest BCUT2D eigenvalue weighted by Gasteiger charge is -2.05. The second kappa shape index (κ2) is 5.03. The number of aliphatic carboxylic acids is 1. The monoisotopic (exact) mass is 142 g/mol. The van der Waals surface area contributed by atoms with E-state index < -0.39 is 5.97 Å². The van der Waals surface area contributed by atoms with E-state index in [1.54, 1.807) is 6.08 Å². The highest BCUT2D eigenvalue weighted by atomic mass is 16.4. The molecule has 58 valence electrons. The predicted molar refractivity (Wildman–Crippen MR) is 40.8 cm³/mol. The Morgan fingerprint density at radius 2 is 2.40 bits per heavy atom. The third-order valence-corrected chi connectivity index (χ3v) is 1.56. The van der Waals surface area contributed by atoms with Crippen molar-refractivity contribution in [3.05, 3.63) is 12.7 Å². The van der Waals surface area contributed by atoms with Gasteiger partial charge in [0.05, 0.1) is 5.92 Å². The minimum atomic E-state index is -0.690. The number of carboxylic acid groups (broad SMARTS) is 1. The third-order valence-electron chi connectivity index (χ3n) is 1.56. The van der Waals surface area contributed by atoms with E-state index in [9.17, 15) is 4.79 Å². The van der Waals surface area contributed by atoms with Gasteiger partial charge in [-0.1, -0.05) is 13.0 Å². The number of rotatable bonds is 5. The number of hydrogen-bond acceptors (Lipinski definition) is 1. The molecule has 0 aliphatic rings. The molecule has 0 aliphatic heterocycles. The maximum atomic E-state index is 10.4. The number of allylic oxidation sites excluding steroid dienone is 1. The van der Waals surface area contributed by atoms with Crippen LogP contribution in [0.15, 0.2) is 12.7 Å². The molecule has 0 amide bonds. The van der Waals surface area contributed by atoms with Gasteiger partial charge in [0.2, 0.25) is 0 Å². The molecule has 2 heteroatoms. The first-order valence-electron chi connectivity index (χ1n) is 3.56. The van der Waals surface area contributed by atoms with Crippen molar-refractivity contribution in [1.82, 2.24) is 0 Å². The summed E-state index contributed by atoms with van der Waals surface area (Å²) < 4.78 is 0. The molecule has 0 saturated heterocycles. The van der Waals surface area contributed by atoms with Gasteiger partial charge in [-0.2, -0.15) is 0 Å². The molecule has 2 nitrogen and oxygen atoms in total. The van der Waals surface area contributed by atoms with Crippen molar-refractivity contribution in [3.63, 3.8) is 0 Å². The van der Waals surface area contributed by atoms with Gasteiger partial charge in [-0.25, -0.2) is 0 Å². The molecule has 0 fully saturated rings. The zero-order chi connectivity index (χ0) is 7.98. The average molecular weight is 142 g/mol. The Morgan fingerprint density at radius 1 is 1.80 bits per heavy atom. The Labute approximate surface area is 61.6 Å². The summed E-state index contributed by atoms with van der Waals surface area (Å²) in [7, 11) is 0. The Balaban J connectivity index is 3.60. The molecule has 1 N–H and O–H groups in total. The van der Waals surface area contributed by atoms with Gasteiger partial charge in [-0.3, -0.25) is 4.79 Å². The van der Waals surface area contributed by atoms with E-state index in [0.29, 0.717) is 6.42 Å². The minimum absolute atomic E-state index is 0.182. The van der Waals surface area contributed by atoms with E-state index in [1.807, 2.05) is 6.92 Å². The average Bonchev–Trinajstić information content (AvgIpc) is 1.89. The van der Waals surface area contributed by atoms with Crippen molar-refractivity contribution < 1.29 is 9.90 Å². The molecule has 0 unspecified atom stereocenters. The van der Waals surface area contributed by atoms with Crippen molar-refractivity contribution in [2.75, 3.05) is 0 Å². The highest BCUT2D eigenvalue weighted by molar-refractivity contribution is 5.69. The largest absolute Gasteiger partial charge is 0.481 e. The first-order chi connectivity index (χ1) is 4.72. The summed E-state index contributed by atoms with van der Waals surface area (Å²) in [5.74, 6) is -0.873. The summed E-state index contributed by atoms with van der Waals surface area (Å²) in [6, 6.07) is 0. The van der Waals surface area contributed by atoms with Crippen molar-refractivity contribution >= 4 is 5.97 Å². The van der Waals surface area contributed by atoms with E-state index in [0.717, 1.165) is 12.8 Å². The van der Waals surface area contributed by atoms with Crippen LogP contribution in [0.2, 0.25) is 0 Å². The summed E-state index contributed by atoms with van der Waals surface area (Å²) in [5, 5.41) is 8.57. The molecular formula is C8H14O2. The van der Waals surface area contributed by atoms with Crippen LogP contribution in [0.4, 0.5) is 0 Å². The lowest BCUT2D eigenvalue weighted by atomic mass is 10.0. The van der Waals surface area contributed by atoms with Crippen LogP contribution in [0.3, 0.4) is 0 Å². The SMILES string of the molecule is C=CCC[C@H](CC)C(=O)O.